The Balaban J connectivity index is 1.63. The van der Waals surface area contributed by atoms with Crippen molar-refractivity contribution in [2.75, 3.05) is 7.11 Å². The molecule has 1 aromatic heterocycles. The molecule has 1 fully saturated rings. The van der Waals surface area contributed by atoms with Gasteiger partial charge in [0.1, 0.15) is 12.3 Å². The summed E-state index contributed by atoms with van der Waals surface area (Å²) in [7, 11) is 1.64. The molecule has 29 heavy (non-hydrogen) atoms. The van der Waals surface area contributed by atoms with Gasteiger partial charge in [0.25, 0.3) is 5.56 Å². The van der Waals surface area contributed by atoms with E-state index in [1.54, 1.807) is 7.11 Å². The molecule has 1 atom stereocenters. The molecular weight excluding hydrogens is 370 g/mol. The van der Waals surface area contributed by atoms with Gasteiger partial charge < -0.3 is 9.64 Å². The topological polar surface area (TPSA) is 84.4 Å². The predicted molar refractivity (Wildman–Crippen MR) is 109 cm³/mol. The lowest BCUT2D eigenvalue weighted by Crippen LogP contribution is -2.50. The lowest BCUT2D eigenvalue weighted by Gasteiger charge is -2.42. The molecule has 2 aliphatic rings. The molecule has 1 aliphatic heterocycles. The Hall–Kier alpha value is -2.83. The highest BCUT2D eigenvalue weighted by Gasteiger charge is 2.35. The summed E-state index contributed by atoms with van der Waals surface area (Å²) in [6, 6.07) is 7.50. The van der Waals surface area contributed by atoms with E-state index in [9.17, 15) is 14.4 Å². The van der Waals surface area contributed by atoms with E-state index < -0.39 is 11.2 Å². The zero-order valence-corrected chi connectivity index (χ0v) is 16.7. The minimum Gasteiger partial charge on any atom is -0.497 e. The van der Waals surface area contributed by atoms with Crippen molar-refractivity contribution in [1.29, 1.82) is 0 Å². The highest BCUT2D eigenvalue weighted by Crippen LogP contribution is 2.36. The van der Waals surface area contributed by atoms with Crippen LogP contribution < -0.4 is 16.0 Å². The molecule has 1 unspecified atom stereocenters. The van der Waals surface area contributed by atoms with Crippen LogP contribution in [-0.4, -0.2) is 33.5 Å². The molecule has 2 aromatic rings. The molecular formula is C22H27N3O4. The van der Waals surface area contributed by atoms with Crippen molar-refractivity contribution >= 4 is 5.91 Å². The van der Waals surface area contributed by atoms with Crippen molar-refractivity contribution in [3.8, 4) is 5.75 Å². The zero-order chi connectivity index (χ0) is 20.4. The van der Waals surface area contributed by atoms with Crippen LogP contribution in [0, 0.1) is 5.92 Å². The van der Waals surface area contributed by atoms with E-state index in [0.29, 0.717) is 12.5 Å². The molecule has 1 N–H and O–H groups in total. The van der Waals surface area contributed by atoms with Crippen LogP contribution in [0.4, 0.5) is 0 Å². The number of hydrogen-bond donors (Lipinski definition) is 1. The van der Waals surface area contributed by atoms with Gasteiger partial charge in [-0.25, -0.2) is 4.79 Å². The molecule has 2 heterocycles. The Morgan fingerprint density at radius 2 is 1.93 bits per heavy atom. The van der Waals surface area contributed by atoms with Gasteiger partial charge in [0.2, 0.25) is 5.91 Å². The van der Waals surface area contributed by atoms with E-state index in [1.807, 2.05) is 17.0 Å². The number of rotatable bonds is 4. The van der Waals surface area contributed by atoms with Crippen LogP contribution in [0.3, 0.4) is 0 Å². The van der Waals surface area contributed by atoms with E-state index in [0.717, 1.165) is 30.6 Å². The Kier molecular flexibility index (Phi) is 5.56. The summed E-state index contributed by atoms with van der Waals surface area (Å²) in [6.45, 7) is 0.447. The molecule has 0 saturated heterocycles. The van der Waals surface area contributed by atoms with E-state index in [-0.39, 0.29) is 18.5 Å². The van der Waals surface area contributed by atoms with Crippen LogP contribution in [0.5, 0.6) is 5.75 Å². The Morgan fingerprint density at radius 1 is 1.14 bits per heavy atom. The van der Waals surface area contributed by atoms with Gasteiger partial charge in [-0.15, -0.1) is 0 Å². The first kappa shape index (κ1) is 19.5. The fraction of sp³-hybridized carbons (Fsp3) is 0.500. The maximum absolute atomic E-state index is 13.3. The van der Waals surface area contributed by atoms with Crippen LogP contribution in [-0.2, 0) is 24.3 Å². The second kappa shape index (κ2) is 8.27. The van der Waals surface area contributed by atoms with Crippen LogP contribution in [0.25, 0.3) is 0 Å². The number of carbonyl (C=O) groups excluding carboxylic acids is 1. The molecule has 7 heteroatoms. The number of nitrogens with one attached hydrogen (secondary N) is 1. The van der Waals surface area contributed by atoms with Crippen molar-refractivity contribution in [2.24, 2.45) is 5.92 Å². The summed E-state index contributed by atoms with van der Waals surface area (Å²) in [5.74, 6) is 1.17. The number of carbonyl (C=O) groups is 1. The standard InChI is InChI=1S/C22H27N3O4/c1-29-18-8-7-16-12-19(15-5-3-2-4-6-15)25(13-17(16)11-18)21(27)14-24-10-9-20(26)23-22(24)28/h7-11,15,19H,2-6,12-14H2,1H3,(H,23,26,28). The summed E-state index contributed by atoms with van der Waals surface area (Å²) >= 11 is 0. The number of aromatic amines is 1. The number of aromatic nitrogens is 2. The van der Waals surface area contributed by atoms with E-state index in [2.05, 4.69) is 11.1 Å². The molecule has 1 aromatic carbocycles. The Labute approximate surface area is 169 Å². The minimum atomic E-state index is -0.556. The number of benzene rings is 1. The highest BCUT2D eigenvalue weighted by molar-refractivity contribution is 5.77. The van der Waals surface area contributed by atoms with Crippen molar-refractivity contribution in [3.63, 3.8) is 0 Å². The first-order chi connectivity index (χ1) is 14.0. The second-order valence-corrected chi connectivity index (χ2v) is 8.06. The van der Waals surface area contributed by atoms with Crippen LogP contribution in [0.15, 0.2) is 40.1 Å². The molecule has 1 amide bonds. The van der Waals surface area contributed by atoms with Crippen molar-refractivity contribution in [3.05, 3.63) is 62.4 Å². The quantitative estimate of drug-likeness (QED) is 0.856. The van der Waals surface area contributed by atoms with Gasteiger partial charge >= 0.3 is 5.69 Å². The number of amides is 1. The van der Waals surface area contributed by atoms with Crippen molar-refractivity contribution in [1.82, 2.24) is 14.5 Å². The van der Waals surface area contributed by atoms with Gasteiger partial charge in [0.05, 0.1) is 7.11 Å². The molecule has 4 rings (SSSR count). The third-order valence-electron chi connectivity index (χ3n) is 6.30. The van der Waals surface area contributed by atoms with Crippen molar-refractivity contribution in [2.45, 2.75) is 57.7 Å². The van der Waals surface area contributed by atoms with Gasteiger partial charge in [-0.2, -0.15) is 0 Å². The van der Waals surface area contributed by atoms with E-state index >= 15 is 0 Å². The summed E-state index contributed by atoms with van der Waals surface area (Å²) in [5.41, 5.74) is 1.35. The third-order valence-corrected chi connectivity index (χ3v) is 6.30. The fourth-order valence-corrected chi connectivity index (χ4v) is 4.73. The minimum absolute atomic E-state index is 0.0713. The number of hydrogen-bond acceptors (Lipinski definition) is 4. The van der Waals surface area contributed by atoms with Crippen LogP contribution in [0.1, 0.15) is 43.2 Å². The van der Waals surface area contributed by atoms with Crippen LogP contribution in [0.2, 0.25) is 0 Å². The highest BCUT2D eigenvalue weighted by atomic mass is 16.5. The first-order valence-corrected chi connectivity index (χ1v) is 10.3. The number of methoxy groups -OCH3 is 1. The molecule has 1 saturated carbocycles. The monoisotopic (exact) mass is 397 g/mol. The second-order valence-electron chi connectivity index (χ2n) is 8.06. The molecule has 154 valence electrons. The molecule has 0 bridgehead atoms. The van der Waals surface area contributed by atoms with E-state index in [4.69, 9.17) is 4.74 Å². The van der Waals surface area contributed by atoms with Crippen molar-refractivity contribution < 1.29 is 9.53 Å². The summed E-state index contributed by atoms with van der Waals surface area (Å²) < 4.78 is 6.63. The molecule has 0 radical (unpaired) electrons. The smallest absolute Gasteiger partial charge is 0.328 e. The van der Waals surface area contributed by atoms with Gasteiger partial charge in [-0.05, 0) is 48.4 Å². The number of fused-ring (bicyclic) bond motifs is 1. The maximum atomic E-state index is 13.3. The SMILES string of the molecule is COc1ccc2c(c1)CN(C(=O)Cn1ccc(=O)[nH]c1=O)C(C1CCCCC1)C2. The summed E-state index contributed by atoms with van der Waals surface area (Å²) in [5, 5.41) is 0. The van der Waals surface area contributed by atoms with Gasteiger partial charge in [-0.1, -0.05) is 25.3 Å². The predicted octanol–water partition coefficient (Wildman–Crippen LogP) is 2.08. The fourth-order valence-electron chi connectivity index (χ4n) is 4.73. The first-order valence-electron chi connectivity index (χ1n) is 10.3. The van der Waals surface area contributed by atoms with Gasteiger partial charge in [0, 0.05) is 24.8 Å². The summed E-state index contributed by atoms with van der Waals surface area (Å²) in [4.78, 5) is 40.8. The lowest BCUT2D eigenvalue weighted by molar-refractivity contribution is -0.137. The lowest BCUT2D eigenvalue weighted by atomic mass is 9.78. The third kappa shape index (κ3) is 4.13. The Bertz CT molecular complexity index is 1000. The van der Waals surface area contributed by atoms with Gasteiger partial charge in [-0.3, -0.25) is 19.1 Å². The molecule has 7 nitrogen and oxygen atoms in total. The molecule has 1 aliphatic carbocycles. The largest absolute Gasteiger partial charge is 0.497 e. The number of nitrogens with zero attached hydrogens (tertiary/aromatic N) is 2. The summed E-state index contributed by atoms with van der Waals surface area (Å²) in [6.07, 6.45) is 8.16. The molecule has 0 spiro atoms. The maximum Gasteiger partial charge on any atom is 0.328 e. The average Bonchev–Trinajstić information content (AvgIpc) is 2.75. The van der Waals surface area contributed by atoms with Crippen LogP contribution >= 0.6 is 0 Å². The number of H-pyrrole nitrogens is 1. The van der Waals surface area contributed by atoms with E-state index in [1.165, 1.54) is 41.7 Å². The van der Waals surface area contributed by atoms with Gasteiger partial charge in [0.15, 0.2) is 0 Å². The Morgan fingerprint density at radius 3 is 2.66 bits per heavy atom. The average molecular weight is 397 g/mol. The number of ether oxygens (including phenoxy) is 1. The normalized spacial score (nSPS) is 19.6. The zero-order valence-electron chi connectivity index (χ0n) is 16.7.